The Kier molecular flexibility index (Phi) is 7.30. The Balaban J connectivity index is 1.25. The largest absolute Gasteiger partial charge is 0.508 e. The van der Waals surface area contributed by atoms with E-state index in [0.29, 0.717) is 18.3 Å². The summed E-state index contributed by atoms with van der Waals surface area (Å²) in [6.07, 6.45) is 15.3. The van der Waals surface area contributed by atoms with E-state index in [1.54, 1.807) is 35.9 Å². The van der Waals surface area contributed by atoms with Gasteiger partial charge in [-0.1, -0.05) is 72.2 Å². The van der Waals surface area contributed by atoms with Gasteiger partial charge in [-0.05, 0) is 127 Å². The van der Waals surface area contributed by atoms with Crippen LogP contribution in [0.4, 0.5) is 0 Å². The van der Waals surface area contributed by atoms with Crippen LogP contribution in [0.1, 0.15) is 118 Å². The van der Waals surface area contributed by atoms with E-state index in [2.05, 4.69) is 54.5 Å². The first-order chi connectivity index (χ1) is 20.5. The van der Waals surface area contributed by atoms with E-state index in [-0.39, 0.29) is 50.8 Å². The van der Waals surface area contributed by atoms with Crippen LogP contribution in [-0.2, 0) is 14.3 Å². The summed E-state index contributed by atoms with van der Waals surface area (Å²) in [7, 11) is 0. The maximum Gasteiger partial charge on any atom is 0.331 e. The molecular formula is C39H54O5. The number of carboxylic acids is 1. The quantitative estimate of drug-likeness (QED) is 0.204. The Morgan fingerprint density at radius 1 is 0.818 bits per heavy atom. The zero-order chi connectivity index (χ0) is 31.9. The van der Waals surface area contributed by atoms with E-state index >= 15 is 0 Å². The second kappa shape index (κ2) is 10.2. The molecule has 5 aliphatic carbocycles. The average molecular weight is 603 g/mol. The van der Waals surface area contributed by atoms with Crippen molar-refractivity contribution < 1.29 is 24.5 Å². The summed E-state index contributed by atoms with van der Waals surface area (Å²) in [5.41, 5.74) is 1.95. The van der Waals surface area contributed by atoms with Crippen LogP contribution in [0.15, 0.2) is 42.0 Å². The molecule has 0 saturated heterocycles. The van der Waals surface area contributed by atoms with Gasteiger partial charge in [0, 0.05) is 11.5 Å². The van der Waals surface area contributed by atoms with Crippen molar-refractivity contribution in [1.82, 2.24) is 0 Å². The number of carbonyl (C=O) groups excluding carboxylic acids is 1. The number of carbonyl (C=O) groups is 2. The van der Waals surface area contributed by atoms with Crippen LogP contribution in [0, 0.1) is 50.2 Å². The Bertz CT molecular complexity index is 1390. The lowest BCUT2D eigenvalue weighted by Crippen LogP contribution is -2.64. The van der Waals surface area contributed by atoms with Gasteiger partial charge >= 0.3 is 11.9 Å². The molecule has 4 saturated carbocycles. The molecule has 0 radical (unpaired) electrons. The molecule has 1 aromatic rings. The predicted octanol–water partition coefficient (Wildman–Crippen LogP) is 9.20. The van der Waals surface area contributed by atoms with Crippen molar-refractivity contribution in [2.75, 3.05) is 0 Å². The molecule has 0 spiro atoms. The first-order valence-electron chi connectivity index (χ1n) is 17.1. The SMILES string of the molecule is CC1(C)CC[C@]2(C(=O)O)CC=C3[C@]4(C)CC[C@H]5C(C)(C)C(OC(=O)/C=C/c6ccc(O)cc6)CC[C@]5(C)[C@H]4CC[C@@]3(C)[C@@H]2C1. The smallest absolute Gasteiger partial charge is 0.331 e. The highest BCUT2D eigenvalue weighted by Crippen LogP contribution is 2.75. The van der Waals surface area contributed by atoms with Crippen LogP contribution in [0.2, 0.25) is 0 Å². The number of benzene rings is 1. The first kappa shape index (κ1) is 31.4. The molecule has 0 aromatic heterocycles. The number of ether oxygens (including phenoxy) is 1. The van der Waals surface area contributed by atoms with E-state index in [1.165, 1.54) is 6.08 Å². The Hall–Kier alpha value is -2.56. The number of phenols is 1. The van der Waals surface area contributed by atoms with Crippen LogP contribution >= 0.6 is 0 Å². The second-order valence-corrected chi connectivity index (χ2v) is 17.4. The minimum Gasteiger partial charge on any atom is -0.508 e. The molecule has 1 aromatic carbocycles. The van der Waals surface area contributed by atoms with Crippen molar-refractivity contribution in [3.8, 4) is 5.75 Å². The van der Waals surface area contributed by atoms with Crippen LogP contribution in [0.5, 0.6) is 5.75 Å². The Morgan fingerprint density at radius 2 is 1.45 bits per heavy atom. The first-order valence-corrected chi connectivity index (χ1v) is 17.1. The Labute approximate surface area is 264 Å². The maximum atomic E-state index is 13.0. The monoisotopic (exact) mass is 602 g/mol. The molecule has 0 aliphatic heterocycles. The lowest BCUT2D eigenvalue weighted by atomic mass is 9.34. The zero-order valence-corrected chi connectivity index (χ0v) is 28.0. The third-order valence-corrected chi connectivity index (χ3v) is 14.3. The molecule has 240 valence electrons. The summed E-state index contributed by atoms with van der Waals surface area (Å²) in [5, 5.41) is 20.2. The summed E-state index contributed by atoms with van der Waals surface area (Å²) < 4.78 is 6.18. The van der Waals surface area contributed by atoms with Crippen molar-refractivity contribution in [1.29, 1.82) is 0 Å². The van der Waals surface area contributed by atoms with E-state index in [4.69, 9.17) is 4.74 Å². The predicted molar refractivity (Wildman–Crippen MR) is 174 cm³/mol. The number of fused-ring (bicyclic) bond motifs is 7. The van der Waals surface area contributed by atoms with Gasteiger partial charge in [0.05, 0.1) is 5.41 Å². The number of aromatic hydroxyl groups is 1. The lowest BCUT2D eigenvalue weighted by Gasteiger charge is -2.70. The van der Waals surface area contributed by atoms with Gasteiger partial charge in [0.25, 0.3) is 0 Å². The van der Waals surface area contributed by atoms with Gasteiger partial charge in [-0.15, -0.1) is 0 Å². The number of hydrogen-bond acceptors (Lipinski definition) is 4. The standard InChI is InChI=1S/C39H54O5/c1-34(2)22-23-39(33(42)43)21-16-29-37(6)18-14-27-35(3,4)31(44-32(41)13-10-25-8-11-26(40)12-9-25)17-20-36(27,5)28(37)15-19-38(29,7)30(39)24-34/h8-13,16,27-28,30-31,40H,14-15,17-24H2,1-7H3,(H,42,43)/b13-10+/t27-,28+,30-,31?,36-,37+,38+,39+/m0/s1. The number of phenolic OH excluding ortho intramolecular Hbond substituents is 1. The average Bonchev–Trinajstić information content (AvgIpc) is 2.94. The molecule has 5 aliphatic rings. The van der Waals surface area contributed by atoms with Gasteiger partial charge in [0.1, 0.15) is 11.9 Å². The van der Waals surface area contributed by atoms with E-state index < -0.39 is 11.4 Å². The molecule has 0 bridgehead atoms. The molecule has 0 amide bonds. The highest BCUT2D eigenvalue weighted by atomic mass is 16.5. The number of allylic oxidation sites excluding steroid dienone is 2. The molecule has 8 atom stereocenters. The van der Waals surface area contributed by atoms with Gasteiger partial charge in [-0.2, -0.15) is 0 Å². The van der Waals surface area contributed by atoms with Gasteiger partial charge in [0.2, 0.25) is 0 Å². The summed E-state index contributed by atoms with van der Waals surface area (Å²) in [4.78, 5) is 25.9. The minimum atomic E-state index is -0.626. The molecule has 5 heteroatoms. The van der Waals surface area contributed by atoms with Crippen molar-refractivity contribution >= 4 is 18.0 Å². The molecule has 0 heterocycles. The minimum absolute atomic E-state index is 0.0664. The highest BCUT2D eigenvalue weighted by molar-refractivity contribution is 5.87. The fourth-order valence-corrected chi connectivity index (χ4v) is 12.0. The van der Waals surface area contributed by atoms with Crippen LogP contribution in [-0.4, -0.2) is 28.3 Å². The van der Waals surface area contributed by atoms with Crippen molar-refractivity contribution in [3.63, 3.8) is 0 Å². The van der Waals surface area contributed by atoms with E-state index in [9.17, 15) is 19.8 Å². The molecule has 6 rings (SSSR count). The molecular weight excluding hydrogens is 548 g/mol. The number of carboxylic acid groups (broad SMARTS) is 1. The molecule has 4 fully saturated rings. The fraction of sp³-hybridized carbons (Fsp3) is 0.692. The second-order valence-electron chi connectivity index (χ2n) is 17.4. The zero-order valence-electron chi connectivity index (χ0n) is 28.0. The topological polar surface area (TPSA) is 83.8 Å². The third-order valence-electron chi connectivity index (χ3n) is 14.3. The van der Waals surface area contributed by atoms with Crippen LogP contribution < -0.4 is 0 Å². The molecule has 44 heavy (non-hydrogen) atoms. The van der Waals surface area contributed by atoms with Crippen molar-refractivity contribution in [2.24, 2.45) is 50.2 Å². The summed E-state index contributed by atoms with van der Waals surface area (Å²) in [6, 6.07) is 6.79. The maximum absolute atomic E-state index is 13.0. The summed E-state index contributed by atoms with van der Waals surface area (Å²) in [6.45, 7) is 16.8. The molecule has 1 unspecified atom stereocenters. The van der Waals surface area contributed by atoms with Crippen LogP contribution in [0.25, 0.3) is 6.08 Å². The number of rotatable bonds is 4. The van der Waals surface area contributed by atoms with Crippen LogP contribution in [0.3, 0.4) is 0 Å². The molecule has 5 nitrogen and oxygen atoms in total. The normalized spacial score (nSPS) is 42.2. The van der Waals surface area contributed by atoms with Gasteiger partial charge in [-0.25, -0.2) is 4.79 Å². The van der Waals surface area contributed by atoms with Gasteiger partial charge < -0.3 is 14.9 Å². The number of aliphatic carboxylic acids is 1. The number of hydrogen-bond donors (Lipinski definition) is 2. The summed E-state index contributed by atoms with van der Waals surface area (Å²) >= 11 is 0. The van der Waals surface area contributed by atoms with Crippen molar-refractivity contribution in [2.45, 2.75) is 119 Å². The van der Waals surface area contributed by atoms with Gasteiger partial charge in [-0.3, -0.25) is 4.79 Å². The molecule has 2 N–H and O–H groups in total. The Morgan fingerprint density at radius 3 is 2.11 bits per heavy atom. The third kappa shape index (κ3) is 4.61. The van der Waals surface area contributed by atoms with Gasteiger partial charge in [0.15, 0.2) is 0 Å². The fourth-order valence-electron chi connectivity index (χ4n) is 12.0. The highest BCUT2D eigenvalue weighted by Gasteiger charge is 2.68. The van der Waals surface area contributed by atoms with E-state index in [1.807, 2.05) is 0 Å². The van der Waals surface area contributed by atoms with Crippen molar-refractivity contribution in [3.05, 3.63) is 47.6 Å². The van der Waals surface area contributed by atoms with E-state index in [0.717, 1.165) is 63.4 Å². The number of esters is 1. The summed E-state index contributed by atoms with van der Waals surface area (Å²) in [5.74, 6) is 0.478. The lowest BCUT2D eigenvalue weighted by molar-refractivity contribution is -0.199.